The Hall–Kier alpha value is -1.61. The van der Waals surface area contributed by atoms with Gasteiger partial charge in [-0.3, -0.25) is 4.79 Å². The summed E-state index contributed by atoms with van der Waals surface area (Å²) in [7, 11) is 0. The van der Waals surface area contributed by atoms with E-state index in [2.05, 4.69) is 5.32 Å². The average Bonchev–Trinajstić information content (AvgIpc) is 2.34. The zero-order valence-corrected chi connectivity index (χ0v) is 11.2. The van der Waals surface area contributed by atoms with Gasteiger partial charge in [-0.1, -0.05) is 36.8 Å². The zero-order chi connectivity index (χ0) is 13.6. The first-order valence-electron chi connectivity index (χ1n) is 6.18. The van der Waals surface area contributed by atoms with Gasteiger partial charge in [0, 0.05) is 12.6 Å². The molecule has 1 atom stereocenters. The smallest absolute Gasteiger partial charge is 0.244 e. The van der Waals surface area contributed by atoms with Crippen molar-refractivity contribution >= 4 is 12.0 Å². The fraction of sp³-hybridized carbons (Fsp3) is 0.400. The van der Waals surface area contributed by atoms with E-state index in [1.165, 1.54) is 6.08 Å². The number of nitrogens with one attached hydrogen (secondary N) is 1. The minimum atomic E-state index is -0.840. The molecule has 0 spiro atoms. The van der Waals surface area contributed by atoms with Crippen molar-refractivity contribution in [1.29, 1.82) is 0 Å². The van der Waals surface area contributed by atoms with Crippen LogP contribution >= 0.6 is 0 Å². The van der Waals surface area contributed by atoms with Crippen LogP contribution in [0.2, 0.25) is 0 Å². The zero-order valence-electron chi connectivity index (χ0n) is 11.2. The fourth-order valence-corrected chi connectivity index (χ4v) is 1.41. The van der Waals surface area contributed by atoms with Crippen molar-refractivity contribution in [3.63, 3.8) is 0 Å². The van der Waals surface area contributed by atoms with Gasteiger partial charge in [-0.05, 0) is 31.9 Å². The second-order valence-electron chi connectivity index (χ2n) is 4.82. The molecule has 0 saturated carbocycles. The van der Waals surface area contributed by atoms with Crippen LogP contribution in [0, 0.1) is 6.92 Å². The summed E-state index contributed by atoms with van der Waals surface area (Å²) in [5.74, 6) is -0.190. The van der Waals surface area contributed by atoms with Crippen LogP contribution in [0.25, 0.3) is 6.08 Å². The molecule has 0 aliphatic rings. The van der Waals surface area contributed by atoms with Gasteiger partial charge in [0.25, 0.3) is 0 Å². The summed E-state index contributed by atoms with van der Waals surface area (Å²) in [5, 5.41) is 12.4. The molecule has 0 aromatic heterocycles. The first kappa shape index (κ1) is 14.5. The summed E-state index contributed by atoms with van der Waals surface area (Å²) in [6.07, 6.45) is 3.86. The Morgan fingerprint density at radius 1 is 1.50 bits per heavy atom. The van der Waals surface area contributed by atoms with Gasteiger partial charge < -0.3 is 10.4 Å². The molecule has 0 radical (unpaired) electrons. The molecular formula is C15H21NO2. The van der Waals surface area contributed by atoms with Gasteiger partial charge in [-0.25, -0.2) is 0 Å². The second kappa shape index (κ2) is 6.36. The Labute approximate surface area is 109 Å². The van der Waals surface area contributed by atoms with E-state index in [-0.39, 0.29) is 12.5 Å². The van der Waals surface area contributed by atoms with E-state index in [1.54, 1.807) is 13.0 Å². The summed E-state index contributed by atoms with van der Waals surface area (Å²) in [4.78, 5) is 11.6. The van der Waals surface area contributed by atoms with Crippen molar-refractivity contribution in [1.82, 2.24) is 5.32 Å². The molecule has 0 bridgehead atoms. The number of amides is 1. The second-order valence-corrected chi connectivity index (χ2v) is 4.82. The minimum Gasteiger partial charge on any atom is -0.388 e. The number of benzene rings is 1. The topological polar surface area (TPSA) is 49.3 Å². The highest BCUT2D eigenvalue weighted by Crippen LogP contribution is 2.07. The van der Waals surface area contributed by atoms with E-state index < -0.39 is 5.60 Å². The summed E-state index contributed by atoms with van der Waals surface area (Å²) < 4.78 is 0. The van der Waals surface area contributed by atoms with Crippen molar-refractivity contribution in [2.45, 2.75) is 32.8 Å². The number of hydrogen-bond donors (Lipinski definition) is 2. The molecule has 1 rings (SSSR count). The maximum absolute atomic E-state index is 11.6. The van der Waals surface area contributed by atoms with E-state index in [0.29, 0.717) is 6.42 Å². The molecule has 0 aliphatic carbocycles. The highest BCUT2D eigenvalue weighted by molar-refractivity contribution is 5.91. The van der Waals surface area contributed by atoms with Crippen LogP contribution in [0.4, 0.5) is 0 Å². The summed E-state index contributed by atoms with van der Waals surface area (Å²) >= 11 is 0. The summed E-state index contributed by atoms with van der Waals surface area (Å²) in [6, 6.07) is 7.91. The SMILES string of the molecule is CCC(C)(O)CNC(=O)C=Cc1cccc(C)c1. The third-order valence-corrected chi connectivity index (χ3v) is 2.87. The third-order valence-electron chi connectivity index (χ3n) is 2.87. The van der Waals surface area contributed by atoms with Crippen LogP contribution in [0.5, 0.6) is 0 Å². The van der Waals surface area contributed by atoms with Crippen LogP contribution in [0.3, 0.4) is 0 Å². The van der Waals surface area contributed by atoms with Gasteiger partial charge in [-0.2, -0.15) is 0 Å². The van der Waals surface area contributed by atoms with Crippen LogP contribution < -0.4 is 5.32 Å². The quantitative estimate of drug-likeness (QED) is 0.784. The van der Waals surface area contributed by atoms with E-state index in [9.17, 15) is 9.90 Å². The molecule has 0 saturated heterocycles. The molecule has 1 aromatic carbocycles. The standard InChI is InChI=1S/C15H21NO2/c1-4-15(3,18)11-16-14(17)9-8-13-7-5-6-12(2)10-13/h5-10,18H,4,11H2,1-3H3,(H,16,17). The van der Waals surface area contributed by atoms with E-state index in [1.807, 2.05) is 38.1 Å². The Kier molecular flexibility index (Phi) is 5.10. The lowest BCUT2D eigenvalue weighted by molar-refractivity contribution is -0.117. The van der Waals surface area contributed by atoms with Gasteiger partial charge in [0.15, 0.2) is 0 Å². The van der Waals surface area contributed by atoms with Crippen molar-refractivity contribution < 1.29 is 9.90 Å². The van der Waals surface area contributed by atoms with E-state index in [4.69, 9.17) is 0 Å². The van der Waals surface area contributed by atoms with Gasteiger partial charge in [-0.15, -0.1) is 0 Å². The monoisotopic (exact) mass is 247 g/mol. The molecule has 2 N–H and O–H groups in total. The molecule has 0 aliphatic heterocycles. The molecule has 3 heteroatoms. The first-order valence-corrected chi connectivity index (χ1v) is 6.18. The van der Waals surface area contributed by atoms with E-state index in [0.717, 1.165) is 11.1 Å². The Bertz CT molecular complexity index is 436. The molecule has 1 unspecified atom stereocenters. The molecule has 18 heavy (non-hydrogen) atoms. The van der Waals surface area contributed by atoms with E-state index >= 15 is 0 Å². The predicted molar refractivity (Wildman–Crippen MR) is 74.1 cm³/mol. The van der Waals surface area contributed by atoms with Gasteiger partial charge >= 0.3 is 0 Å². The predicted octanol–water partition coefficient (Wildman–Crippen LogP) is 2.29. The average molecular weight is 247 g/mol. The lowest BCUT2D eigenvalue weighted by Crippen LogP contribution is -2.39. The molecule has 1 amide bonds. The Balaban J connectivity index is 2.50. The van der Waals surface area contributed by atoms with Crippen LogP contribution in [-0.2, 0) is 4.79 Å². The van der Waals surface area contributed by atoms with Crippen molar-refractivity contribution in [3.05, 3.63) is 41.5 Å². The maximum atomic E-state index is 11.6. The molecule has 98 valence electrons. The molecular weight excluding hydrogens is 226 g/mol. The van der Waals surface area contributed by atoms with Crippen LogP contribution in [0.1, 0.15) is 31.4 Å². The van der Waals surface area contributed by atoms with Crippen molar-refractivity contribution in [3.8, 4) is 0 Å². The fourth-order valence-electron chi connectivity index (χ4n) is 1.41. The summed E-state index contributed by atoms with van der Waals surface area (Å²) in [6.45, 7) is 5.86. The van der Waals surface area contributed by atoms with Gasteiger partial charge in [0.2, 0.25) is 5.91 Å². The lowest BCUT2D eigenvalue weighted by Gasteiger charge is -2.20. The van der Waals surface area contributed by atoms with Gasteiger partial charge in [0.1, 0.15) is 0 Å². The number of aliphatic hydroxyl groups is 1. The lowest BCUT2D eigenvalue weighted by atomic mass is 10.0. The van der Waals surface area contributed by atoms with Gasteiger partial charge in [0.05, 0.1) is 5.60 Å². The number of carbonyl (C=O) groups is 1. The Morgan fingerprint density at radius 2 is 2.22 bits per heavy atom. The molecule has 3 nitrogen and oxygen atoms in total. The maximum Gasteiger partial charge on any atom is 0.244 e. The number of rotatable bonds is 5. The normalized spacial score (nSPS) is 14.4. The highest BCUT2D eigenvalue weighted by atomic mass is 16.3. The number of hydrogen-bond acceptors (Lipinski definition) is 2. The molecule has 1 aromatic rings. The first-order chi connectivity index (χ1) is 8.43. The third kappa shape index (κ3) is 5.15. The highest BCUT2D eigenvalue weighted by Gasteiger charge is 2.17. The van der Waals surface area contributed by atoms with Crippen molar-refractivity contribution in [2.75, 3.05) is 6.54 Å². The van der Waals surface area contributed by atoms with Crippen molar-refractivity contribution in [2.24, 2.45) is 0 Å². The summed E-state index contributed by atoms with van der Waals surface area (Å²) in [5.41, 5.74) is 1.31. The van der Waals surface area contributed by atoms with Crippen LogP contribution in [0.15, 0.2) is 30.3 Å². The molecule has 0 fully saturated rings. The number of aryl methyl sites for hydroxylation is 1. The largest absolute Gasteiger partial charge is 0.388 e. The van der Waals surface area contributed by atoms with Crippen LogP contribution in [-0.4, -0.2) is 23.2 Å². The number of carbonyl (C=O) groups excluding carboxylic acids is 1. The Morgan fingerprint density at radius 3 is 2.83 bits per heavy atom. The molecule has 0 heterocycles. The minimum absolute atomic E-state index is 0.190.